The second-order valence-corrected chi connectivity index (χ2v) is 5.90. The van der Waals surface area contributed by atoms with Gasteiger partial charge in [-0.2, -0.15) is 0 Å². The molecule has 0 unspecified atom stereocenters. The molecular weight excluding hydrogens is 335 g/mol. The molecule has 1 N–H and O–H groups in total. The average Bonchev–Trinajstić information content (AvgIpc) is 3.05. The summed E-state index contributed by atoms with van der Waals surface area (Å²) in [5.41, 5.74) is 1.92. The maximum atomic E-state index is 12.4. The zero-order valence-corrected chi connectivity index (χ0v) is 17.8. The minimum absolute atomic E-state index is 0. The average molecular weight is 358 g/mol. The van der Waals surface area contributed by atoms with Crippen LogP contribution in [-0.4, -0.2) is 36.6 Å². The van der Waals surface area contributed by atoms with Crippen LogP contribution in [0.25, 0.3) is 0 Å². The van der Waals surface area contributed by atoms with Crippen molar-refractivity contribution in [2.24, 2.45) is 0 Å². The molecule has 24 heavy (non-hydrogen) atoms. The number of rotatable bonds is 6. The van der Waals surface area contributed by atoms with Crippen LogP contribution in [0.2, 0.25) is 0 Å². The fraction of sp³-hybridized carbons (Fsp3) is 0.529. The number of nitrogens with one attached hydrogen (secondary N) is 1. The van der Waals surface area contributed by atoms with Crippen molar-refractivity contribution in [3.05, 3.63) is 29.3 Å². The fourth-order valence-corrected chi connectivity index (χ4v) is 2.98. The van der Waals surface area contributed by atoms with Gasteiger partial charge in [-0.3, -0.25) is 0 Å². The van der Waals surface area contributed by atoms with Gasteiger partial charge in [0.05, 0.1) is 19.6 Å². The molecule has 1 fully saturated rings. The zero-order chi connectivity index (χ0) is 16.8. The number of ether oxygens (including phenoxy) is 1. The number of carboxylic acid groups (broad SMARTS) is 1. The molecule has 0 aliphatic heterocycles. The number of hydrogen-bond acceptors (Lipinski definition) is 4. The minimum Gasteiger partial charge on any atom is -0.548 e. The van der Waals surface area contributed by atoms with Gasteiger partial charge in [-0.1, -0.05) is 25.0 Å². The Morgan fingerprint density at radius 3 is 2.58 bits per heavy atom. The summed E-state index contributed by atoms with van der Waals surface area (Å²) < 4.78 is 5.26. The Kier molecular flexibility index (Phi) is 9.29. The Balaban J connectivity index is 0.00000288. The van der Waals surface area contributed by atoms with Gasteiger partial charge in [-0.05, 0) is 37.0 Å². The summed E-state index contributed by atoms with van der Waals surface area (Å²) >= 11 is 0. The van der Waals surface area contributed by atoms with Crippen LogP contribution in [0.15, 0.2) is 18.2 Å². The van der Waals surface area contributed by atoms with Crippen molar-refractivity contribution in [2.75, 3.05) is 13.7 Å². The SMILES string of the molecule is COc1cc(CNC(=O)N(CC(=O)[O-])C2CCCC2)ccc1C.[K+]. The molecule has 126 valence electrons. The normalized spacial score (nSPS) is 13.9. The van der Waals surface area contributed by atoms with Crippen LogP contribution in [-0.2, 0) is 11.3 Å². The summed E-state index contributed by atoms with van der Waals surface area (Å²) in [7, 11) is 1.60. The van der Waals surface area contributed by atoms with Crippen molar-refractivity contribution in [1.29, 1.82) is 0 Å². The maximum Gasteiger partial charge on any atom is 1.00 e. The quantitative estimate of drug-likeness (QED) is 0.609. The smallest absolute Gasteiger partial charge is 0.548 e. The van der Waals surface area contributed by atoms with Crippen LogP contribution < -0.4 is 66.5 Å². The van der Waals surface area contributed by atoms with Gasteiger partial charge in [0.15, 0.2) is 0 Å². The number of amides is 2. The van der Waals surface area contributed by atoms with E-state index in [0.29, 0.717) is 6.54 Å². The van der Waals surface area contributed by atoms with Crippen LogP contribution >= 0.6 is 0 Å². The molecule has 0 saturated heterocycles. The number of carboxylic acids is 1. The molecule has 0 atom stereocenters. The van der Waals surface area contributed by atoms with E-state index in [0.717, 1.165) is 42.6 Å². The second-order valence-electron chi connectivity index (χ2n) is 5.90. The molecule has 1 aliphatic rings. The van der Waals surface area contributed by atoms with Crippen molar-refractivity contribution in [3.63, 3.8) is 0 Å². The van der Waals surface area contributed by atoms with Gasteiger partial charge in [0.25, 0.3) is 0 Å². The standard InChI is InChI=1S/C17H24N2O4.K/c1-12-7-8-13(9-15(12)23-2)10-18-17(22)19(11-16(20)21)14-5-3-4-6-14;/h7-9,14H,3-6,10-11H2,1-2H3,(H,18,22)(H,20,21);/q;+1/p-1. The fourth-order valence-electron chi connectivity index (χ4n) is 2.98. The van der Waals surface area contributed by atoms with Crippen LogP contribution in [0.4, 0.5) is 4.79 Å². The number of methoxy groups -OCH3 is 1. The molecule has 2 amide bonds. The number of hydrogen-bond donors (Lipinski definition) is 1. The van der Waals surface area contributed by atoms with Crippen molar-refractivity contribution in [1.82, 2.24) is 10.2 Å². The first-order valence-corrected chi connectivity index (χ1v) is 7.89. The van der Waals surface area contributed by atoms with Crippen LogP contribution in [0.1, 0.15) is 36.8 Å². The Hall–Kier alpha value is -0.604. The maximum absolute atomic E-state index is 12.4. The molecule has 1 aromatic rings. The third kappa shape index (κ3) is 6.04. The number of benzene rings is 1. The van der Waals surface area contributed by atoms with Gasteiger partial charge < -0.3 is 24.9 Å². The van der Waals surface area contributed by atoms with Crippen molar-refractivity contribution >= 4 is 12.0 Å². The Bertz CT molecular complexity index is 574. The number of aryl methyl sites for hydroxylation is 1. The first-order chi connectivity index (χ1) is 11.0. The third-order valence-electron chi connectivity index (χ3n) is 4.24. The molecule has 0 heterocycles. The summed E-state index contributed by atoms with van der Waals surface area (Å²) in [5.74, 6) is -0.469. The number of carbonyl (C=O) groups is 2. The molecule has 0 bridgehead atoms. The van der Waals surface area contributed by atoms with Gasteiger partial charge in [-0.25, -0.2) is 4.79 Å². The predicted molar refractivity (Wildman–Crippen MR) is 83.9 cm³/mol. The van der Waals surface area contributed by atoms with Gasteiger partial charge >= 0.3 is 57.4 Å². The molecule has 7 heteroatoms. The van der Waals surface area contributed by atoms with E-state index in [9.17, 15) is 14.7 Å². The summed E-state index contributed by atoms with van der Waals surface area (Å²) in [6.45, 7) is 1.91. The third-order valence-corrected chi connectivity index (χ3v) is 4.24. The molecule has 1 aliphatic carbocycles. The monoisotopic (exact) mass is 358 g/mol. The van der Waals surface area contributed by atoms with E-state index in [1.807, 2.05) is 25.1 Å². The first kappa shape index (κ1) is 21.4. The summed E-state index contributed by atoms with van der Waals surface area (Å²) in [6.07, 6.45) is 3.74. The Labute approximate surface area is 185 Å². The summed E-state index contributed by atoms with van der Waals surface area (Å²) in [4.78, 5) is 24.7. The van der Waals surface area contributed by atoms with Crippen LogP contribution in [0.3, 0.4) is 0 Å². The topological polar surface area (TPSA) is 81.7 Å². The number of urea groups is 1. The van der Waals surface area contributed by atoms with E-state index in [1.54, 1.807) is 7.11 Å². The zero-order valence-electron chi connectivity index (χ0n) is 14.6. The van der Waals surface area contributed by atoms with E-state index >= 15 is 0 Å². The van der Waals surface area contributed by atoms with E-state index in [1.165, 1.54) is 4.90 Å². The number of aliphatic carboxylic acids is 1. The molecule has 1 aromatic carbocycles. The first-order valence-electron chi connectivity index (χ1n) is 7.89. The van der Waals surface area contributed by atoms with Crippen molar-refractivity contribution in [3.8, 4) is 5.75 Å². The van der Waals surface area contributed by atoms with Gasteiger partial charge in [0, 0.05) is 12.6 Å². The summed E-state index contributed by atoms with van der Waals surface area (Å²) in [6, 6.07) is 5.34. The molecule has 0 aromatic heterocycles. The van der Waals surface area contributed by atoms with E-state index in [2.05, 4.69) is 5.32 Å². The molecular formula is C17H23KN2O4. The van der Waals surface area contributed by atoms with E-state index in [-0.39, 0.29) is 70.0 Å². The van der Waals surface area contributed by atoms with Crippen LogP contribution in [0.5, 0.6) is 5.75 Å². The minimum atomic E-state index is -1.23. The number of nitrogens with zero attached hydrogens (tertiary/aromatic N) is 1. The summed E-state index contributed by atoms with van der Waals surface area (Å²) in [5, 5.41) is 13.7. The molecule has 2 rings (SSSR count). The Morgan fingerprint density at radius 1 is 1.33 bits per heavy atom. The van der Waals surface area contributed by atoms with Gasteiger partial charge in [-0.15, -0.1) is 0 Å². The Morgan fingerprint density at radius 2 is 2.00 bits per heavy atom. The van der Waals surface area contributed by atoms with Crippen molar-refractivity contribution < 1.29 is 70.8 Å². The predicted octanol–water partition coefficient (Wildman–Crippen LogP) is -1.79. The molecule has 0 radical (unpaired) electrons. The number of carbonyl (C=O) groups excluding carboxylic acids is 2. The molecule has 1 saturated carbocycles. The van der Waals surface area contributed by atoms with Crippen molar-refractivity contribution in [2.45, 2.75) is 45.2 Å². The second kappa shape index (κ2) is 10.4. The molecule has 0 spiro atoms. The van der Waals surface area contributed by atoms with Gasteiger partial charge in [0.2, 0.25) is 0 Å². The van der Waals surface area contributed by atoms with Gasteiger partial charge in [0.1, 0.15) is 5.75 Å². The molecule has 6 nitrogen and oxygen atoms in total. The van der Waals surface area contributed by atoms with E-state index < -0.39 is 5.97 Å². The van der Waals surface area contributed by atoms with Crippen LogP contribution in [0, 0.1) is 6.92 Å². The van der Waals surface area contributed by atoms with E-state index in [4.69, 9.17) is 4.74 Å². The largest absolute Gasteiger partial charge is 1.00 e.